The van der Waals surface area contributed by atoms with E-state index in [-0.39, 0.29) is 22.0 Å². The number of aromatic amines is 1. The smallest absolute Gasteiger partial charge is 0.307 e. The van der Waals surface area contributed by atoms with Crippen molar-refractivity contribution in [3.05, 3.63) is 43.8 Å². The molecule has 6 nitrogen and oxygen atoms in total. The highest BCUT2D eigenvalue weighted by molar-refractivity contribution is 6.31. The van der Waals surface area contributed by atoms with Crippen LogP contribution in [-0.4, -0.2) is 14.9 Å². The van der Waals surface area contributed by atoms with Gasteiger partial charge >= 0.3 is 5.69 Å². The molecule has 0 fully saturated rings. The predicted octanol–water partition coefficient (Wildman–Crippen LogP) is 1.48. The van der Waals surface area contributed by atoms with Crippen LogP contribution in [0.2, 0.25) is 5.15 Å². The van der Waals surface area contributed by atoms with Crippen LogP contribution in [0.5, 0.6) is 0 Å². The van der Waals surface area contributed by atoms with Crippen LogP contribution in [0.3, 0.4) is 0 Å². The van der Waals surface area contributed by atoms with Crippen molar-refractivity contribution in [2.24, 2.45) is 0 Å². The van der Waals surface area contributed by atoms with Gasteiger partial charge in [0.1, 0.15) is 5.65 Å². The maximum Gasteiger partial charge on any atom is 0.307 e. The van der Waals surface area contributed by atoms with Crippen molar-refractivity contribution in [3.8, 4) is 0 Å². The van der Waals surface area contributed by atoms with E-state index in [9.17, 15) is 14.9 Å². The number of nitrogens with one attached hydrogen (secondary N) is 1. The highest BCUT2D eigenvalue weighted by Gasteiger charge is 2.14. The predicted molar refractivity (Wildman–Crippen MR) is 54.0 cm³/mol. The van der Waals surface area contributed by atoms with Crippen molar-refractivity contribution in [2.75, 3.05) is 0 Å². The van der Waals surface area contributed by atoms with Crippen LogP contribution in [0.1, 0.15) is 0 Å². The number of halogens is 1. The Bertz CT molecular complexity index is 608. The Kier molecular flexibility index (Phi) is 2.12. The number of pyridine rings is 2. The number of H-pyrrole nitrogens is 1. The van der Waals surface area contributed by atoms with E-state index in [0.717, 1.165) is 0 Å². The van der Waals surface area contributed by atoms with Crippen LogP contribution in [-0.2, 0) is 0 Å². The Morgan fingerprint density at radius 1 is 1.47 bits per heavy atom. The molecule has 0 saturated heterocycles. The van der Waals surface area contributed by atoms with Crippen molar-refractivity contribution in [1.82, 2.24) is 9.97 Å². The average molecular weight is 226 g/mol. The molecule has 2 aromatic rings. The van der Waals surface area contributed by atoms with Gasteiger partial charge in [0.15, 0.2) is 0 Å². The van der Waals surface area contributed by atoms with Crippen molar-refractivity contribution in [3.63, 3.8) is 0 Å². The standard InChI is InChI=1S/C8H4ClN3O3/c9-7-5(12(14)15)3-4-1-2-6(13)10-8(4)11-7/h1-3H,(H,10,11,13). The minimum absolute atomic E-state index is 0.234. The van der Waals surface area contributed by atoms with Crippen LogP contribution in [0.15, 0.2) is 23.0 Å². The van der Waals surface area contributed by atoms with Gasteiger partial charge in [-0.25, -0.2) is 4.98 Å². The number of nitrogens with zero attached hydrogens (tertiary/aromatic N) is 2. The molecule has 0 aliphatic rings. The highest BCUT2D eigenvalue weighted by Crippen LogP contribution is 2.24. The van der Waals surface area contributed by atoms with Gasteiger partial charge in [0.25, 0.3) is 0 Å². The molecule has 2 aromatic heterocycles. The summed E-state index contributed by atoms with van der Waals surface area (Å²) in [6, 6.07) is 3.98. The summed E-state index contributed by atoms with van der Waals surface area (Å²) in [5.74, 6) is 0. The molecule has 0 amide bonds. The normalized spacial score (nSPS) is 10.5. The lowest BCUT2D eigenvalue weighted by Crippen LogP contribution is -2.04. The Morgan fingerprint density at radius 3 is 2.87 bits per heavy atom. The maximum absolute atomic E-state index is 10.9. The summed E-state index contributed by atoms with van der Waals surface area (Å²) >= 11 is 5.58. The first-order valence-electron chi connectivity index (χ1n) is 3.92. The van der Waals surface area contributed by atoms with Crippen LogP contribution >= 0.6 is 11.6 Å². The summed E-state index contributed by atoms with van der Waals surface area (Å²) in [6.45, 7) is 0. The molecule has 0 aliphatic heterocycles. The Morgan fingerprint density at radius 2 is 2.20 bits per heavy atom. The zero-order chi connectivity index (χ0) is 11.0. The number of fused-ring (bicyclic) bond motifs is 1. The molecule has 15 heavy (non-hydrogen) atoms. The molecular weight excluding hydrogens is 222 g/mol. The fourth-order valence-corrected chi connectivity index (χ4v) is 1.38. The summed E-state index contributed by atoms with van der Waals surface area (Å²) in [4.78, 5) is 27.0. The van der Waals surface area contributed by atoms with Gasteiger partial charge < -0.3 is 4.98 Å². The first kappa shape index (κ1) is 9.60. The third-order valence-electron chi connectivity index (χ3n) is 1.84. The molecular formula is C8H4ClN3O3. The lowest BCUT2D eigenvalue weighted by Gasteiger charge is -1.98. The van der Waals surface area contributed by atoms with Crippen molar-refractivity contribution >= 4 is 28.3 Å². The second-order valence-electron chi connectivity index (χ2n) is 2.82. The molecule has 2 heterocycles. The van der Waals surface area contributed by atoms with Crippen molar-refractivity contribution in [2.45, 2.75) is 0 Å². The summed E-state index contributed by atoms with van der Waals surface area (Å²) < 4.78 is 0. The van der Waals surface area contributed by atoms with Gasteiger partial charge in [-0.3, -0.25) is 14.9 Å². The summed E-state index contributed by atoms with van der Waals surface area (Å²) in [5.41, 5.74) is -0.380. The molecule has 2 rings (SSSR count). The Labute approximate surface area is 87.7 Å². The summed E-state index contributed by atoms with van der Waals surface area (Å²) in [7, 11) is 0. The number of aromatic nitrogens is 2. The Balaban J connectivity index is 2.82. The fraction of sp³-hybridized carbons (Fsp3) is 0. The number of hydrogen-bond donors (Lipinski definition) is 1. The second kappa shape index (κ2) is 3.32. The van der Waals surface area contributed by atoms with Crippen LogP contribution in [0.4, 0.5) is 5.69 Å². The van der Waals surface area contributed by atoms with Crippen LogP contribution in [0.25, 0.3) is 11.0 Å². The second-order valence-corrected chi connectivity index (χ2v) is 3.17. The molecule has 0 unspecified atom stereocenters. The van der Waals surface area contributed by atoms with Gasteiger partial charge in [0, 0.05) is 17.5 Å². The molecule has 0 atom stereocenters. The molecule has 0 saturated carbocycles. The van der Waals surface area contributed by atoms with Gasteiger partial charge in [-0.1, -0.05) is 11.6 Å². The zero-order valence-electron chi connectivity index (χ0n) is 7.23. The van der Waals surface area contributed by atoms with E-state index < -0.39 is 4.92 Å². The molecule has 1 N–H and O–H groups in total. The third kappa shape index (κ3) is 1.66. The Hall–Kier alpha value is -1.95. The first-order valence-corrected chi connectivity index (χ1v) is 4.30. The quantitative estimate of drug-likeness (QED) is 0.452. The van der Waals surface area contributed by atoms with E-state index in [2.05, 4.69) is 9.97 Å². The number of hydrogen-bond acceptors (Lipinski definition) is 4. The largest absolute Gasteiger partial charge is 0.307 e. The third-order valence-corrected chi connectivity index (χ3v) is 2.12. The van der Waals surface area contributed by atoms with Crippen molar-refractivity contribution < 1.29 is 4.92 Å². The maximum atomic E-state index is 10.9. The van der Waals surface area contributed by atoms with Gasteiger partial charge in [-0.15, -0.1) is 0 Å². The lowest BCUT2D eigenvalue weighted by molar-refractivity contribution is -0.384. The van der Waals surface area contributed by atoms with Gasteiger partial charge in [0.05, 0.1) is 4.92 Å². The van der Waals surface area contributed by atoms with E-state index in [4.69, 9.17) is 11.6 Å². The highest BCUT2D eigenvalue weighted by atomic mass is 35.5. The van der Waals surface area contributed by atoms with Gasteiger partial charge in [-0.05, 0) is 6.07 Å². The average Bonchev–Trinajstić information content (AvgIpc) is 2.15. The molecule has 0 spiro atoms. The molecule has 7 heteroatoms. The molecule has 76 valence electrons. The zero-order valence-corrected chi connectivity index (χ0v) is 7.99. The molecule has 0 aliphatic carbocycles. The molecule has 0 bridgehead atoms. The number of rotatable bonds is 1. The van der Waals surface area contributed by atoms with E-state index in [1.807, 2.05) is 0 Å². The van der Waals surface area contributed by atoms with Crippen LogP contribution in [0, 0.1) is 10.1 Å². The monoisotopic (exact) mass is 225 g/mol. The topological polar surface area (TPSA) is 88.9 Å². The lowest BCUT2D eigenvalue weighted by atomic mass is 10.3. The fourth-order valence-electron chi connectivity index (χ4n) is 1.17. The minimum Gasteiger partial charge on any atom is -0.307 e. The first-order chi connectivity index (χ1) is 7.08. The van der Waals surface area contributed by atoms with E-state index in [1.54, 1.807) is 0 Å². The van der Waals surface area contributed by atoms with Crippen LogP contribution < -0.4 is 5.56 Å². The molecule has 0 radical (unpaired) electrons. The summed E-state index contributed by atoms with van der Waals surface area (Å²) in [6.07, 6.45) is 0. The minimum atomic E-state index is -0.625. The van der Waals surface area contributed by atoms with Gasteiger partial charge in [0.2, 0.25) is 10.7 Å². The van der Waals surface area contributed by atoms with Gasteiger partial charge in [-0.2, -0.15) is 0 Å². The SMILES string of the molecule is O=c1ccc2cc([N+](=O)[O-])c(Cl)nc2[nH]1. The number of nitro groups is 1. The van der Waals surface area contributed by atoms with Crippen molar-refractivity contribution in [1.29, 1.82) is 0 Å². The molecule has 0 aromatic carbocycles. The van der Waals surface area contributed by atoms with E-state index in [0.29, 0.717) is 5.39 Å². The van der Waals surface area contributed by atoms with E-state index in [1.165, 1.54) is 18.2 Å². The summed E-state index contributed by atoms with van der Waals surface area (Å²) in [5, 5.41) is 10.8. The van der Waals surface area contributed by atoms with E-state index >= 15 is 0 Å².